The average Bonchev–Trinajstić information content (AvgIpc) is 3.35. The second kappa shape index (κ2) is 9.72. The van der Waals surface area contributed by atoms with E-state index in [0.717, 1.165) is 0 Å². The molecule has 0 spiro atoms. The molecular weight excluding hydrogens is 422 g/mol. The Kier molecular flexibility index (Phi) is 6.38. The summed E-state index contributed by atoms with van der Waals surface area (Å²) in [6, 6.07) is 25.7. The van der Waals surface area contributed by atoms with Crippen LogP contribution in [0.1, 0.15) is 25.6 Å². The molecule has 6 nitrogen and oxygen atoms in total. The molecule has 4 aromatic rings. The van der Waals surface area contributed by atoms with E-state index in [-0.39, 0.29) is 17.7 Å². The van der Waals surface area contributed by atoms with Crippen LogP contribution in [-0.4, -0.2) is 17.7 Å². The van der Waals surface area contributed by atoms with Crippen molar-refractivity contribution in [3.05, 3.63) is 112 Å². The van der Waals surface area contributed by atoms with E-state index in [1.54, 1.807) is 72.8 Å². The highest BCUT2D eigenvalue weighted by molar-refractivity contribution is 7.12. The predicted octanol–water partition coefficient (Wildman–Crippen LogP) is 5.88. The fraction of sp³-hybridized carbons (Fsp3) is 0. The lowest BCUT2D eigenvalue weighted by Gasteiger charge is -2.11. The first-order chi connectivity index (χ1) is 15.6. The molecule has 0 bridgehead atoms. The molecule has 0 unspecified atom stereocenters. The number of carbonyl (C=O) groups is 3. The van der Waals surface area contributed by atoms with Gasteiger partial charge in [0.2, 0.25) is 5.78 Å². The number of thiophene rings is 1. The third kappa shape index (κ3) is 5.08. The Morgan fingerprint density at radius 3 is 1.75 bits per heavy atom. The van der Waals surface area contributed by atoms with E-state index in [0.29, 0.717) is 33.1 Å². The van der Waals surface area contributed by atoms with Gasteiger partial charge in [0.15, 0.2) is 0 Å². The van der Waals surface area contributed by atoms with Crippen molar-refractivity contribution in [1.82, 2.24) is 0 Å². The molecule has 0 fully saturated rings. The van der Waals surface area contributed by atoms with Crippen LogP contribution in [0.15, 0.2) is 96.4 Å². The number of carbonyl (C=O) groups excluding carboxylic acids is 3. The van der Waals surface area contributed by atoms with Crippen molar-refractivity contribution >= 4 is 46.1 Å². The van der Waals surface area contributed by atoms with Gasteiger partial charge in [0.05, 0.1) is 10.4 Å². The Morgan fingerprint density at radius 2 is 1.12 bits per heavy atom. The Labute approximate surface area is 188 Å². The SMILES string of the molecule is O=C(Nc1ccccc1)Nc1ccc(NC(=O)c2ccccc2C(=O)c2cccs2)cc1. The van der Waals surface area contributed by atoms with E-state index in [9.17, 15) is 14.4 Å². The van der Waals surface area contributed by atoms with Crippen LogP contribution in [0, 0.1) is 0 Å². The van der Waals surface area contributed by atoms with Gasteiger partial charge in [0.1, 0.15) is 0 Å². The molecule has 3 amide bonds. The lowest BCUT2D eigenvalue weighted by Crippen LogP contribution is -2.19. The van der Waals surface area contributed by atoms with Crippen LogP contribution in [0.5, 0.6) is 0 Å². The highest BCUT2D eigenvalue weighted by atomic mass is 32.1. The van der Waals surface area contributed by atoms with Crippen LogP contribution in [-0.2, 0) is 0 Å². The molecule has 0 aliphatic rings. The smallest absolute Gasteiger partial charge is 0.322 e. The topological polar surface area (TPSA) is 87.3 Å². The maximum atomic E-state index is 12.8. The minimum absolute atomic E-state index is 0.185. The molecule has 0 radical (unpaired) electrons. The molecule has 0 saturated carbocycles. The van der Waals surface area contributed by atoms with Crippen LogP contribution < -0.4 is 16.0 Å². The minimum atomic E-state index is -0.381. The third-order valence-electron chi connectivity index (χ3n) is 4.59. The van der Waals surface area contributed by atoms with Gasteiger partial charge in [-0.25, -0.2) is 4.79 Å². The maximum absolute atomic E-state index is 12.8. The zero-order valence-corrected chi connectivity index (χ0v) is 17.7. The van der Waals surface area contributed by atoms with Gasteiger partial charge in [-0.3, -0.25) is 9.59 Å². The number of amides is 3. The summed E-state index contributed by atoms with van der Waals surface area (Å²) in [4.78, 5) is 38.3. The van der Waals surface area contributed by atoms with Crippen LogP contribution in [0.2, 0.25) is 0 Å². The summed E-state index contributed by atoms with van der Waals surface area (Å²) >= 11 is 1.34. The zero-order chi connectivity index (χ0) is 22.3. The Balaban J connectivity index is 1.41. The first kappa shape index (κ1) is 21.0. The molecule has 0 atom stereocenters. The van der Waals surface area contributed by atoms with Crippen molar-refractivity contribution in [1.29, 1.82) is 0 Å². The predicted molar refractivity (Wildman–Crippen MR) is 128 cm³/mol. The molecule has 1 heterocycles. The molecule has 32 heavy (non-hydrogen) atoms. The van der Waals surface area contributed by atoms with E-state index < -0.39 is 0 Å². The maximum Gasteiger partial charge on any atom is 0.323 e. The molecule has 0 aliphatic carbocycles. The van der Waals surface area contributed by atoms with Gasteiger partial charge >= 0.3 is 6.03 Å². The number of benzene rings is 3. The van der Waals surface area contributed by atoms with E-state index in [1.165, 1.54) is 11.3 Å². The van der Waals surface area contributed by atoms with Crippen molar-refractivity contribution < 1.29 is 14.4 Å². The van der Waals surface area contributed by atoms with Gasteiger partial charge in [0.25, 0.3) is 5.91 Å². The Bertz CT molecular complexity index is 1240. The fourth-order valence-electron chi connectivity index (χ4n) is 3.07. The summed E-state index contributed by atoms with van der Waals surface area (Å²) in [6.07, 6.45) is 0. The second-order valence-electron chi connectivity index (χ2n) is 6.83. The number of ketones is 1. The first-order valence-corrected chi connectivity index (χ1v) is 10.7. The van der Waals surface area contributed by atoms with Crippen LogP contribution in [0.3, 0.4) is 0 Å². The van der Waals surface area contributed by atoms with Crippen molar-refractivity contribution in [2.45, 2.75) is 0 Å². The zero-order valence-electron chi connectivity index (χ0n) is 16.9. The molecule has 0 aliphatic heterocycles. The molecular formula is C25H19N3O3S. The largest absolute Gasteiger partial charge is 0.323 e. The molecule has 7 heteroatoms. The molecule has 3 N–H and O–H groups in total. The summed E-state index contributed by atoms with van der Waals surface area (Å²) in [5, 5.41) is 10.1. The number of urea groups is 1. The van der Waals surface area contributed by atoms with Crippen LogP contribution in [0.25, 0.3) is 0 Å². The monoisotopic (exact) mass is 441 g/mol. The van der Waals surface area contributed by atoms with E-state index >= 15 is 0 Å². The summed E-state index contributed by atoms with van der Waals surface area (Å²) in [6.45, 7) is 0. The number of hydrogen-bond acceptors (Lipinski definition) is 4. The molecule has 4 rings (SSSR count). The van der Waals surface area contributed by atoms with Gasteiger partial charge in [0, 0.05) is 22.6 Å². The van der Waals surface area contributed by atoms with Gasteiger partial charge in [-0.1, -0.05) is 42.5 Å². The number of rotatable bonds is 6. The standard InChI is InChI=1S/C25H19N3O3S/c29-23(22-11-6-16-32-22)20-9-4-5-10-21(20)24(30)26-18-12-14-19(15-13-18)28-25(31)27-17-7-2-1-3-8-17/h1-16H,(H,26,30)(H2,27,28,31). The highest BCUT2D eigenvalue weighted by Gasteiger charge is 2.18. The second-order valence-corrected chi connectivity index (χ2v) is 7.78. The molecule has 3 aromatic carbocycles. The molecule has 158 valence electrons. The van der Waals surface area contributed by atoms with Crippen molar-refractivity contribution in [3.8, 4) is 0 Å². The normalized spacial score (nSPS) is 10.2. The number of nitrogens with one attached hydrogen (secondary N) is 3. The lowest BCUT2D eigenvalue weighted by atomic mass is 10.0. The van der Waals surface area contributed by atoms with E-state index in [1.807, 2.05) is 23.6 Å². The Hall–Kier alpha value is -4.23. The number of hydrogen-bond donors (Lipinski definition) is 3. The molecule has 0 saturated heterocycles. The van der Waals surface area contributed by atoms with Gasteiger partial charge in [-0.2, -0.15) is 0 Å². The summed E-state index contributed by atoms with van der Waals surface area (Å²) in [5.74, 6) is -0.567. The summed E-state index contributed by atoms with van der Waals surface area (Å²) in [7, 11) is 0. The average molecular weight is 442 g/mol. The molecule has 1 aromatic heterocycles. The Morgan fingerprint density at radius 1 is 0.562 bits per heavy atom. The highest BCUT2D eigenvalue weighted by Crippen LogP contribution is 2.20. The number of para-hydroxylation sites is 1. The quantitative estimate of drug-likeness (QED) is 0.327. The van der Waals surface area contributed by atoms with Crippen LogP contribution in [0.4, 0.5) is 21.9 Å². The lowest BCUT2D eigenvalue weighted by molar-refractivity contribution is 0.0998. The van der Waals surface area contributed by atoms with Gasteiger partial charge < -0.3 is 16.0 Å². The van der Waals surface area contributed by atoms with E-state index in [4.69, 9.17) is 0 Å². The van der Waals surface area contributed by atoms with Crippen LogP contribution >= 0.6 is 11.3 Å². The van der Waals surface area contributed by atoms with Crippen molar-refractivity contribution in [3.63, 3.8) is 0 Å². The van der Waals surface area contributed by atoms with Gasteiger partial charge in [-0.15, -0.1) is 11.3 Å². The van der Waals surface area contributed by atoms with E-state index in [2.05, 4.69) is 16.0 Å². The van der Waals surface area contributed by atoms with Crippen molar-refractivity contribution in [2.75, 3.05) is 16.0 Å². The van der Waals surface area contributed by atoms with Gasteiger partial charge in [-0.05, 0) is 53.9 Å². The van der Waals surface area contributed by atoms with Crippen molar-refractivity contribution in [2.24, 2.45) is 0 Å². The summed E-state index contributed by atoms with van der Waals surface area (Å²) in [5.41, 5.74) is 2.45. The third-order valence-corrected chi connectivity index (χ3v) is 5.46. The minimum Gasteiger partial charge on any atom is -0.322 e. The first-order valence-electron chi connectivity index (χ1n) is 9.82. The fourth-order valence-corrected chi connectivity index (χ4v) is 3.75. The summed E-state index contributed by atoms with van der Waals surface area (Å²) < 4.78 is 0. The number of anilines is 3.